The monoisotopic (exact) mass is 365 g/mol. The van der Waals surface area contributed by atoms with Crippen LogP contribution in [0.2, 0.25) is 0 Å². The number of nitrogens with zero attached hydrogens (tertiary/aromatic N) is 1. The molecule has 0 atom stereocenters. The zero-order valence-electron chi connectivity index (χ0n) is 15.8. The van der Waals surface area contributed by atoms with Gasteiger partial charge in [0, 0.05) is 17.7 Å². The fraction of sp³-hybridized carbons (Fsp3) is 0.273. The van der Waals surface area contributed by atoms with Gasteiger partial charge in [0.05, 0.1) is 12.8 Å². The highest BCUT2D eigenvalue weighted by Crippen LogP contribution is 2.38. The predicted octanol–water partition coefficient (Wildman–Crippen LogP) is 3.78. The van der Waals surface area contributed by atoms with E-state index in [1.54, 1.807) is 12.1 Å². The summed E-state index contributed by atoms with van der Waals surface area (Å²) in [5, 5.41) is 0. The maximum Gasteiger partial charge on any atom is 0.343 e. The quantitative estimate of drug-likeness (QED) is 0.577. The number of hydrogen-bond acceptors (Lipinski definition) is 4. The van der Waals surface area contributed by atoms with E-state index in [4.69, 9.17) is 4.74 Å². The second kappa shape index (κ2) is 8.08. The van der Waals surface area contributed by atoms with Gasteiger partial charge in [-0.1, -0.05) is 44.2 Å². The standard InChI is InChI=1S/C22H23NO4/c1-15(2)13-23-20-7-5-4-6-18(20)19(22(23)25)12-16-8-10-17(11-9-16)27-14-21(24)26-3/h4-12,15H,13-14H2,1-3H3/b19-12-. The number of rotatable bonds is 6. The molecule has 3 rings (SSSR count). The summed E-state index contributed by atoms with van der Waals surface area (Å²) in [5.41, 5.74) is 3.49. The van der Waals surface area contributed by atoms with Crippen LogP contribution in [0.1, 0.15) is 25.0 Å². The van der Waals surface area contributed by atoms with E-state index in [0.29, 0.717) is 23.8 Å². The molecule has 0 bridgehead atoms. The van der Waals surface area contributed by atoms with Gasteiger partial charge in [-0.2, -0.15) is 0 Å². The van der Waals surface area contributed by atoms with E-state index in [1.165, 1.54) is 7.11 Å². The molecule has 0 fully saturated rings. The fourth-order valence-corrected chi connectivity index (χ4v) is 3.02. The lowest BCUT2D eigenvalue weighted by atomic mass is 10.0. The number of methoxy groups -OCH3 is 1. The Kier molecular flexibility index (Phi) is 5.60. The number of fused-ring (bicyclic) bond motifs is 1. The van der Waals surface area contributed by atoms with Crippen LogP contribution in [0.5, 0.6) is 5.75 Å². The Morgan fingerprint density at radius 2 is 1.81 bits per heavy atom. The molecule has 0 aliphatic carbocycles. The number of carbonyl (C=O) groups is 2. The lowest BCUT2D eigenvalue weighted by Gasteiger charge is -2.19. The molecule has 5 heteroatoms. The SMILES string of the molecule is COC(=O)COc1ccc(/C=C2\C(=O)N(CC(C)C)c3ccccc32)cc1. The van der Waals surface area contributed by atoms with Crippen molar-refractivity contribution in [3.05, 3.63) is 59.7 Å². The number of hydrogen-bond donors (Lipinski definition) is 0. The molecule has 0 aromatic heterocycles. The van der Waals surface area contributed by atoms with Gasteiger partial charge in [-0.05, 0) is 35.8 Å². The zero-order valence-corrected chi connectivity index (χ0v) is 15.8. The Balaban J connectivity index is 1.84. The Labute approximate surface area is 159 Å². The number of ether oxygens (including phenoxy) is 2. The van der Waals surface area contributed by atoms with Crippen LogP contribution in [0.25, 0.3) is 11.6 Å². The van der Waals surface area contributed by atoms with E-state index in [9.17, 15) is 9.59 Å². The van der Waals surface area contributed by atoms with Gasteiger partial charge in [0.2, 0.25) is 0 Å². The minimum absolute atomic E-state index is 0.0240. The molecule has 1 aliphatic heterocycles. The van der Waals surface area contributed by atoms with Crippen LogP contribution in [-0.4, -0.2) is 32.1 Å². The molecule has 2 aromatic rings. The molecule has 2 aromatic carbocycles. The Morgan fingerprint density at radius 1 is 1.11 bits per heavy atom. The summed E-state index contributed by atoms with van der Waals surface area (Å²) in [5.74, 6) is 0.547. The van der Waals surface area contributed by atoms with Crippen molar-refractivity contribution in [2.45, 2.75) is 13.8 Å². The van der Waals surface area contributed by atoms with Crippen LogP contribution < -0.4 is 9.64 Å². The number of amides is 1. The van der Waals surface area contributed by atoms with Gasteiger partial charge in [0.15, 0.2) is 6.61 Å². The molecule has 27 heavy (non-hydrogen) atoms. The summed E-state index contributed by atoms with van der Waals surface area (Å²) in [6.45, 7) is 4.76. The van der Waals surface area contributed by atoms with Gasteiger partial charge in [-0.15, -0.1) is 0 Å². The maximum absolute atomic E-state index is 13.0. The van der Waals surface area contributed by atoms with Crippen LogP contribution in [-0.2, 0) is 14.3 Å². The molecular weight excluding hydrogens is 342 g/mol. The van der Waals surface area contributed by atoms with Crippen LogP contribution in [0, 0.1) is 5.92 Å². The summed E-state index contributed by atoms with van der Waals surface area (Å²) in [6, 6.07) is 15.1. The van der Waals surface area contributed by atoms with Crippen molar-refractivity contribution in [2.75, 3.05) is 25.2 Å². The van der Waals surface area contributed by atoms with Gasteiger partial charge in [0.1, 0.15) is 5.75 Å². The van der Waals surface area contributed by atoms with Crippen molar-refractivity contribution in [2.24, 2.45) is 5.92 Å². The largest absolute Gasteiger partial charge is 0.482 e. The normalized spacial score (nSPS) is 14.6. The van der Waals surface area contributed by atoms with E-state index >= 15 is 0 Å². The molecule has 0 unspecified atom stereocenters. The number of para-hydroxylation sites is 1. The molecular formula is C22H23NO4. The summed E-state index contributed by atoms with van der Waals surface area (Å²) in [7, 11) is 1.32. The predicted molar refractivity (Wildman–Crippen MR) is 105 cm³/mol. The average molecular weight is 365 g/mol. The summed E-state index contributed by atoms with van der Waals surface area (Å²) < 4.78 is 9.90. The fourth-order valence-electron chi connectivity index (χ4n) is 3.02. The summed E-state index contributed by atoms with van der Waals surface area (Å²) in [6.07, 6.45) is 1.89. The van der Waals surface area contributed by atoms with Gasteiger partial charge in [-0.25, -0.2) is 4.79 Å². The third-order valence-corrected chi connectivity index (χ3v) is 4.28. The first-order valence-electron chi connectivity index (χ1n) is 8.92. The minimum atomic E-state index is -0.431. The van der Waals surface area contributed by atoms with E-state index in [2.05, 4.69) is 18.6 Å². The Morgan fingerprint density at radius 3 is 2.48 bits per heavy atom. The molecule has 0 spiro atoms. The first-order chi connectivity index (χ1) is 13.0. The van der Waals surface area contributed by atoms with Crippen molar-refractivity contribution < 1.29 is 19.1 Å². The third kappa shape index (κ3) is 4.19. The van der Waals surface area contributed by atoms with E-state index in [1.807, 2.05) is 47.4 Å². The Hall–Kier alpha value is -3.08. The number of anilines is 1. The van der Waals surface area contributed by atoms with Crippen molar-refractivity contribution in [3.63, 3.8) is 0 Å². The Bertz CT molecular complexity index is 868. The number of esters is 1. The molecule has 0 radical (unpaired) electrons. The van der Waals surface area contributed by atoms with Crippen LogP contribution >= 0.6 is 0 Å². The average Bonchev–Trinajstić information content (AvgIpc) is 2.92. The molecule has 1 aliphatic rings. The van der Waals surface area contributed by atoms with Crippen molar-refractivity contribution >= 4 is 29.2 Å². The van der Waals surface area contributed by atoms with Crippen molar-refractivity contribution in [3.8, 4) is 5.75 Å². The first kappa shape index (κ1) is 18.7. The highest BCUT2D eigenvalue weighted by Gasteiger charge is 2.32. The van der Waals surface area contributed by atoms with Crippen LogP contribution in [0.15, 0.2) is 48.5 Å². The van der Waals surface area contributed by atoms with Crippen LogP contribution in [0.3, 0.4) is 0 Å². The summed E-state index contributed by atoms with van der Waals surface area (Å²) >= 11 is 0. The van der Waals surface area contributed by atoms with E-state index < -0.39 is 5.97 Å². The summed E-state index contributed by atoms with van der Waals surface area (Å²) in [4.78, 5) is 26.0. The van der Waals surface area contributed by atoms with E-state index in [-0.39, 0.29) is 12.5 Å². The topological polar surface area (TPSA) is 55.8 Å². The molecule has 1 heterocycles. The van der Waals surface area contributed by atoms with E-state index in [0.717, 1.165) is 16.8 Å². The highest BCUT2D eigenvalue weighted by molar-refractivity contribution is 6.35. The number of carbonyl (C=O) groups excluding carboxylic acids is 2. The molecule has 140 valence electrons. The highest BCUT2D eigenvalue weighted by atomic mass is 16.6. The molecule has 0 saturated heterocycles. The lowest BCUT2D eigenvalue weighted by molar-refractivity contribution is -0.142. The second-order valence-corrected chi connectivity index (χ2v) is 6.82. The molecule has 0 N–H and O–H groups in total. The third-order valence-electron chi connectivity index (χ3n) is 4.28. The second-order valence-electron chi connectivity index (χ2n) is 6.82. The van der Waals surface area contributed by atoms with Gasteiger partial charge >= 0.3 is 5.97 Å². The molecule has 1 amide bonds. The first-order valence-corrected chi connectivity index (χ1v) is 8.92. The van der Waals surface area contributed by atoms with Crippen molar-refractivity contribution in [1.29, 1.82) is 0 Å². The van der Waals surface area contributed by atoms with Crippen LogP contribution in [0.4, 0.5) is 5.69 Å². The smallest absolute Gasteiger partial charge is 0.343 e. The molecule has 0 saturated carbocycles. The maximum atomic E-state index is 13.0. The molecule has 5 nitrogen and oxygen atoms in total. The van der Waals surface area contributed by atoms with Gasteiger partial charge in [0.25, 0.3) is 5.91 Å². The lowest BCUT2D eigenvalue weighted by Crippen LogP contribution is -2.30. The zero-order chi connectivity index (χ0) is 19.4. The minimum Gasteiger partial charge on any atom is -0.482 e. The number of benzene rings is 2. The van der Waals surface area contributed by atoms with Crippen molar-refractivity contribution in [1.82, 2.24) is 0 Å². The van der Waals surface area contributed by atoms with Gasteiger partial charge in [-0.3, -0.25) is 4.79 Å². The van der Waals surface area contributed by atoms with Gasteiger partial charge < -0.3 is 14.4 Å².